The molecule has 1 heterocycles. The molecule has 0 aliphatic rings. The van der Waals surface area contributed by atoms with Crippen LogP contribution in [-0.2, 0) is 12.7 Å². The number of hydrogen-bond donors (Lipinski definition) is 1. The van der Waals surface area contributed by atoms with Crippen LogP contribution in [0, 0.1) is 5.82 Å². The first-order chi connectivity index (χ1) is 9.41. The molecule has 0 unspecified atom stereocenters. The van der Waals surface area contributed by atoms with Crippen molar-refractivity contribution in [3.63, 3.8) is 0 Å². The molecule has 1 aromatic heterocycles. The van der Waals surface area contributed by atoms with Gasteiger partial charge in [0.05, 0.1) is 11.3 Å². The normalized spacial score (nSPS) is 11.8. The number of nitrogens with one attached hydrogen (secondary N) is 1. The van der Waals surface area contributed by atoms with Crippen LogP contribution in [0.15, 0.2) is 23.6 Å². The summed E-state index contributed by atoms with van der Waals surface area (Å²) in [5.74, 6) is -0.706. The van der Waals surface area contributed by atoms with Gasteiger partial charge in [-0.3, -0.25) is 0 Å². The number of nitrogens with zero attached hydrogens (tertiary/aromatic N) is 1. The van der Waals surface area contributed by atoms with Crippen LogP contribution in [0.3, 0.4) is 0 Å². The minimum absolute atomic E-state index is 0.118. The average molecular weight is 304 g/mol. The lowest BCUT2D eigenvalue weighted by Gasteiger charge is -2.08. The molecule has 2 nitrogen and oxygen atoms in total. The van der Waals surface area contributed by atoms with Gasteiger partial charge in [-0.2, -0.15) is 13.2 Å². The first kappa shape index (κ1) is 14.9. The molecule has 0 spiro atoms. The van der Waals surface area contributed by atoms with Gasteiger partial charge in [-0.05, 0) is 24.7 Å². The summed E-state index contributed by atoms with van der Waals surface area (Å²) in [4.78, 5) is 4.15. The van der Waals surface area contributed by atoms with Crippen LogP contribution in [-0.4, -0.2) is 11.5 Å². The zero-order chi connectivity index (χ0) is 14.8. The fraction of sp³-hybridized carbons (Fsp3) is 0.308. The largest absolute Gasteiger partial charge is 0.416 e. The third-order valence-electron chi connectivity index (χ3n) is 2.63. The van der Waals surface area contributed by atoms with Gasteiger partial charge in [0.15, 0.2) is 0 Å². The first-order valence-electron chi connectivity index (χ1n) is 5.94. The maximum atomic E-state index is 13.7. The Hall–Kier alpha value is -1.47. The molecule has 0 amide bonds. The SMILES string of the molecule is CCNCc1csc(-c2cc(C(F)(F)F)ccc2F)n1. The highest BCUT2D eigenvalue weighted by Gasteiger charge is 2.31. The Kier molecular flexibility index (Phi) is 4.39. The van der Waals surface area contributed by atoms with E-state index in [0.29, 0.717) is 12.2 Å². The van der Waals surface area contributed by atoms with Crippen molar-refractivity contribution in [3.8, 4) is 10.6 Å². The highest BCUT2D eigenvalue weighted by atomic mass is 32.1. The summed E-state index contributed by atoms with van der Waals surface area (Å²) in [5, 5.41) is 5.01. The predicted octanol–water partition coefficient (Wildman–Crippen LogP) is 4.08. The molecule has 0 saturated carbocycles. The van der Waals surface area contributed by atoms with Gasteiger partial charge in [-0.25, -0.2) is 9.37 Å². The number of thiazole rings is 1. The summed E-state index contributed by atoms with van der Waals surface area (Å²) in [6.07, 6.45) is -4.49. The fourth-order valence-corrected chi connectivity index (χ4v) is 2.47. The van der Waals surface area contributed by atoms with E-state index < -0.39 is 17.6 Å². The highest BCUT2D eigenvalue weighted by molar-refractivity contribution is 7.13. The predicted molar refractivity (Wildman–Crippen MR) is 69.9 cm³/mol. The Balaban J connectivity index is 2.34. The lowest BCUT2D eigenvalue weighted by molar-refractivity contribution is -0.137. The van der Waals surface area contributed by atoms with Gasteiger partial charge in [0.1, 0.15) is 10.8 Å². The first-order valence-corrected chi connectivity index (χ1v) is 6.82. The van der Waals surface area contributed by atoms with E-state index >= 15 is 0 Å². The molecule has 0 aliphatic carbocycles. The topological polar surface area (TPSA) is 24.9 Å². The molecule has 0 aliphatic heterocycles. The van der Waals surface area contributed by atoms with Crippen LogP contribution in [0.25, 0.3) is 10.6 Å². The van der Waals surface area contributed by atoms with Crippen LogP contribution in [0.2, 0.25) is 0 Å². The molecule has 0 bridgehead atoms. The summed E-state index contributed by atoms with van der Waals surface area (Å²) in [6, 6.07) is 2.35. The second kappa shape index (κ2) is 5.88. The molecule has 0 atom stereocenters. The molecular weight excluding hydrogens is 292 g/mol. The van der Waals surface area contributed by atoms with Crippen molar-refractivity contribution in [3.05, 3.63) is 40.7 Å². The number of aromatic nitrogens is 1. The zero-order valence-electron chi connectivity index (χ0n) is 10.6. The van der Waals surface area contributed by atoms with Gasteiger partial charge in [0.25, 0.3) is 0 Å². The third kappa shape index (κ3) is 3.34. The molecule has 1 aromatic carbocycles. The maximum absolute atomic E-state index is 13.7. The molecule has 2 rings (SSSR count). The van der Waals surface area contributed by atoms with Gasteiger partial charge in [-0.1, -0.05) is 6.92 Å². The van der Waals surface area contributed by atoms with Crippen LogP contribution >= 0.6 is 11.3 Å². The number of hydrogen-bond acceptors (Lipinski definition) is 3. The Bertz CT molecular complexity index is 592. The van der Waals surface area contributed by atoms with Crippen LogP contribution < -0.4 is 5.32 Å². The van der Waals surface area contributed by atoms with Gasteiger partial charge in [0, 0.05) is 17.5 Å². The Morgan fingerprint density at radius 1 is 1.30 bits per heavy atom. The summed E-state index contributed by atoms with van der Waals surface area (Å²) >= 11 is 1.13. The molecular formula is C13H12F4N2S. The minimum Gasteiger partial charge on any atom is -0.311 e. The molecule has 0 fully saturated rings. The number of rotatable bonds is 4. The quantitative estimate of drug-likeness (QED) is 0.861. The van der Waals surface area contributed by atoms with Crippen LogP contribution in [0.4, 0.5) is 17.6 Å². The van der Waals surface area contributed by atoms with Gasteiger partial charge >= 0.3 is 6.18 Å². The van der Waals surface area contributed by atoms with E-state index in [1.807, 2.05) is 6.92 Å². The van der Waals surface area contributed by atoms with E-state index in [0.717, 1.165) is 36.1 Å². The Morgan fingerprint density at radius 3 is 2.70 bits per heavy atom. The van der Waals surface area contributed by atoms with Gasteiger partial charge in [-0.15, -0.1) is 11.3 Å². The maximum Gasteiger partial charge on any atom is 0.416 e. The van der Waals surface area contributed by atoms with Crippen molar-refractivity contribution in [2.24, 2.45) is 0 Å². The number of benzene rings is 1. The second-order valence-electron chi connectivity index (χ2n) is 4.12. The second-order valence-corrected chi connectivity index (χ2v) is 4.97. The van der Waals surface area contributed by atoms with Gasteiger partial charge < -0.3 is 5.32 Å². The van der Waals surface area contributed by atoms with E-state index in [9.17, 15) is 17.6 Å². The summed E-state index contributed by atoms with van der Waals surface area (Å²) in [5.41, 5.74) is -0.312. The molecule has 20 heavy (non-hydrogen) atoms. The van der Waals surface area contributed by atoms with Gasteiger partial charge in [0.2, 0.25) is 0 Å². The highest BCUT2D eigenvalue weighted by Crippen LogP contribution is 2.34. The molecule has 0 saturated heterocycles. The van der Waals surface area contributed by atoms with E-state index in [1.165, 1.54) is 0 Å². The van der Waals surface area contributed by atoms with E-state index in [4.69, 9.17) is 0 Å². The molecule has 7 heteroatoms. The van der Waals surface area contributed by atoms with Crippen molar-refractivity contribution in [2.75, 3.05) is 6.54 Å². The Labute approximate surface area is 117 Å². The molecule has 1 N–H and O–H groups in total. The smallest absolute Gasteiger partial charge is 0.311 e. The number of halogens is 4. The third-order valence-corrected chi connectivity index (χ3v) is 3.56. The van der Waals surface area contributed by atoms with Crippen LogP contribution in [0.5, 0.6) is 0 Å². The lowest BCUT2D eigenvalue weighted by atomic mass is 10.1. The molecule has 0 radical (unpaired) electrons. The van der Waals surface area contributed by atoms with E-state index in [-0.39, 0.29) is 10.6 Å². The zero-order valence-corrected chi connectivity index (χ0v) is 11.4. The van der Waals surface area contributed by atoms with Crippen molar-refractivity contribution >= 4 is 11.3 Å². The van der Waals surface area contributed by atoms with Crippen molar-refractivity contribution in [1.29, 1.82) is 0 Å². The van der Waals surface area contributed by atoms with E-state index in [2.05, 4.69) is 10.3 Å². The van der Waals surface area contributed by atoms with Crippen LogP contribution in [0.1, 0.15) is 18.2 Å². The molecule has 2 aromatic rings. The summed E-state index contributed by atoms with van der Waals surface area (Å²) in [7, 11) is 0. The average Bonchev–Trinajstić information content (AvgIpc) is 2.84. The monoisotopic (exact) mass is 304 g/mol. The Morgan fingerprint density at radius 2 is 2.05 bits per heavy atom. The standard InChI is InChI=1S/C13H12F4N2S/c1-2-18-6-9-7-20-12(19-9)10-5-8(13(15,16)17)3-4-11(10)14/h3-5,7,18H,2,6H2,1H3. The summed E-state index contributed by atoms with van der Waals surface area (Å²) in [6.45, 7) is 3.19. The molecule has 108 valence electrons. The minimum atomic E-state index is -4.49. The van der Waals surface area contributed by atoms with E-state index in [1.54, 1.807) is 5.38 Å². The van der Waals surface area contributed by atoms with Crippen molar-refractivity contribution in [1.82, 2.24) is 10.3 Å². The fourth-order valence-electron chi connectivity index (χ4n) is 1.63. The number of alkyl halides is 3. The summed E-state index contributed by atoms with van der Waals surface area (Å²) < 4.78 is 51.6. The lowest BCUT2D eigenvalue weighted by Crippen LogP contribution is -2.11. The van der Waals surface area contributed by atoms with Crippen molar-refractivity contribution in [2.45, 2.75) is 19.6 Å². The van der Waals surface area contributed by atoms with Crippen molar-refractivity contribution < 1.29 is 17.6 Å².